The number of nitrogens with one attached hydrogen (secondary N) is 1. The highest BCUT2D eigenvalue weighted by molar-refractivity contribution is 5.99. The molecule has 1 aromatic rings. The average Bonchev–Trinajstić information content (AvgIpc) is 2.65. The lowest BCUT2D eigenvalue weighted by atomic mass is 9.94. The largest absolute Gasteiger partial charge is 0.366 e. The van der Waals surface area contributed by atoms with Crippen molar-refractivity contribution in [1.82, 2.24) is 10.2 Å². The molecule has 1 heterocycles. The van der Waals surface area contributed by atoms with E-state index >= 15 is 0 Å². The number of nitrogens with zero attached hydrogens (tertiary/aromatic N) is 1. The van der Waals surface area contributed by atoms with Crippen LogP contribution in [0.1, 0.15) is 36.7 Å². The summed E-state index contributed by atoms with van der Waals surface area (Å²) in [6.45, 7) is 7.70. The molecule has 0 fully saturated rings. The van der Waals surface area contributed by atoms with Gasteiger partial charge in [-0.1, -0.05) is 32.0 Å². The third-order valence-electron chi connectivity index (χ3n) is 3.85. The molecule has 2 unspecified atom stereocenters. The Labute approximate surface area is 108 Å². The van der Waals surface area contributed by atoms with Crippen LogP contribution in [0.5, 0.6) is 0 Å². The lowest BCUT2D eigenvalue weighted by molar-refractivity contribution is -0.0573. The van der Waals surface area contributed by atoms with Gasteiger partial charge in [0.15, 0.2) is 5.72 Å². The van der Waals surface area contributed by atoms with Crippen LogP contribution in [0.3, 0.4) is 0 Å². The molecule has 0 spiro atoms. The van der Waals surface area contributed by atoms with Gasteiger partial charge in [-0.25, -0.2) is 0 Å². The fourth-order valence-electron chi connectivity index (χ4n) is 2.69. The number of aliphatic hydroxyl groups is 1. The molecule has 98 valence electrons. The average molecular weight is 248 g/mol. The van der Waals surface area contributed by atoms with Gasteiger partial charge in [0.05, 0.1) is 6.04 Å². The number of carbonyl (C=O) groups excluding carboxylic acids is 1. The Morgan fingerprint density at radius 3 is 2.56 bits per heavy atom. The van der Waals surface area contributed by atoms with Crippen LogP contribution in [0.2, 0.25) is 0 Å². The smallest absolute Gasteiger partial charge is 0.254 e. The molecular formula is C14H20N2O2. The lowest BCUT2D eigenvalue weighted by Crippen LogP contribution is -2.55. The van der Waals surface area contributed by atoms with Crippen LogP contribution >= 0.6 is 0 Å². The number of likely N-dealkylation sites (N-methyl/N-ethyl adjacent to an activating group) is 1. The molecule has 2 atom stereocenters. The third kappa shape index (κ3) is 1.82. The van der Waals surface area contributed by atoms with Crippen LogP contribution in [-0.4, -0.2) is 35.0 Å². The van der Waals surface area contributed by atoms with E-state index in [1.807, 2.05) is 39.0 Å². The second kappa shape index (κ2) is 4.71. The van der Waals surface area contributed by atoms with Crippen LogP contribution in [0.15, 0.2) is 24.3 Å². The maximum atomic E-state index is 11.9. The van der Waals surface area contributed by atoms with Crippen molar-refractivity contribution in [2.24, 2.45) is 0 Å². The van der Waals surface area contributed by atoms with Crippen molar-refractivity contribution in [2.75, 3.05) is 13.1 Å². The van der Waals surface area contributed by atoms with Gasteiger partial charge in [-0.3, -0.25) is 9.69 Å². The Hall–Kier alpha value is -1.39. The van der Waals surface area contributed by atoms with E-state index in [2.05, 4.69) is 10.2 Å². The summed E-state index contributed by atoms with van der Waals surface area (Å²) in [5.74, 6) is -0.202. The van der Waals surface area contributed by atoms with Crippen LogP contribution in [0, 0.1) is 0 Å². The van der Waals surface area contributed by atoms with Gasteiger partial charge in [-0.15, -0.1) is 0 Å². The molecule has 2 N–H and O–H groups in total. The predicted octanol–water partition coefficient (Wildman–Crippen LogP) is 1.31. The van der Waals surface area contributed by atoms with Crippen LogP contribution < -0.4 is 5.32 Å². The monoisotopic (exact) mass is 248 g/mol. The van der Waals surface area contributed by atoms with Crippen molar-refractivity contribution in [2.45, 2.75) is 32.5 Å². The zero-order valence-corrected chi connectivity index (χ0v) is 11.1. The lowest BCUT2D eigenvalue weighted by Gasteiger charge is -2.38. The molecule has 4 heteroatoms. The van der Waals surface area contributed by atoms with Crippen LogP contribution in [-0.2, 0) is 5.72 Å². The Balaban J connectivity index is 2.42. The van der Waals surface area contributed by atoms with E-state index in [1.165, 1.54) is 0 Å². The van der Waals surface area contributed by atoms with E-state index in [0.717, 1.165) is 13.1 Å². The summed E-state index contributed by atoms with van der Waals surface area (Å²) < 4.78 is 0. The predicted molar refractivity (Wildman–Crippen MR) is 70.2 cm³/mol. The molecule has 0 saturated heterocycles. The Bertz CT molecular complexity index is 457. The van der Waals surface area contributed by atoms with E-state index in [1.54, 1.807) is 6.07 Å². The summed E-state index contributed by atoms with van der Waals surface area (Å²) in [4.78, 5) is 14.0. The minimum atomic E-state index is -1.29. The number of amides is 1. The van der Waals surface area contributed by atoms with Gasteiger partial charge in [-0.2, -0.15) is 0 Å². The van der Waals surface area contributed by atoms with Crippen LogP contribution in [0.4, 0.5) is 0 Å². The van der Waals surface area contributed by atoms with E-state index in [-0.39, 0.29) is 11.9 Å². The normalized spacial score (nSPS) is 23.9. The summed E-state index contributed by atoms with van der Waals surface area (Å²) in [5, 5.41) is 13.6. The highest BCUT2D eigenvalue weighted by atomic mass is 16.3. The van der Waals surface area contributed by atoms with Crippen molar-refractivity contribution >= 4 is 5.91 Å². The topological polar surface area (TPSA) is 52.6 Å². The minimum absolute atomic E-state index is 0.167. The molecule has 2 rings (SSSR count). The van der Waals surface area contributed by atoms with Gasteiger partial charge in [0.2, 0.25) is 0 Å². The minimum Gasteiger partial charge on any atom is -0.366 e. The Morgan fingerprint density at radius 2 is 1.94 bits per heavy atom. The number of benzene rings is 1. The van der Waals surface area contributed by atoms with Crippen LogP contribution in [0.25, 0.3) is 0 Å². The fraction of sp³-hybridized carbons (Fsp3) is 0.500. The maximum Gasteiger partial charge on any atom is 0.254 e. The van der Waals surface area contributed by atoms with Gasteiger partial charge in [0.25, 0.3) is 5.91 Å². The van der Waals surface area contributed by atoms with Crippen molar-refractivity contribution < 1.29 is 9.90 Å². The second-order valence-electron chi connectivity index (χ2n) is 4.66. The first-order valence-corrected chi connectivity index (χ1v) is 6.43. The zero-order chi connectivity index (χ0) is 13.3. The Kier molecular flexibility index (Phi) is 3.41. The first-order valence-electron chi connectivity index (χ1n) is 6.43. The molecular weight excluding hydrogens is 228 g/mol. The second-order valence-corrected chi connectivity index (χ2v) is 4.66. The van der Waals surface area contributed by atoms with E-state index in [9.17, 15) is 9.90 Å². The number of fused-ring (bicyclic) bond motifs is 1. The molecule has 0 bridgehead atoms. The van der Waals surface area contributed by atoms with Crippen molar-refractivity contribution in [3.63, 3.8) is 0 Å². The van der Waals surface area contributed by atoms with Gasteiger partial charge in [0.1, 0.15) is 0 Å². The molecule has 1 amide bonds. The number of hydrogen-bond donors (Lipinski definition) is 2. The molecule has 1 aliphatic rings. The zero-order valence-electron chi connectivity index (χ0n) is 11.1. The third-order valence-corrected chi connectivity index (χ3v) is 3.85. The Morgan fingerprint density at radius 1 is 1.33 bits per heavy atom. The summed E-state index contributed by atoms with van der Waals surface area (Å²) in [6.07, 6.45) is 0. The number of rotatable bonds is 4. The number of carbonyl (C=O) groups is 1. The molecule has 0 aliphatic carbocycles. The molecule has 4 nitrogen and oxygen atoms in total. The van der Waals surface area contributed by atoms with Crippen molar-refractivity contribution in [1.29, 1.82) is 0 Å². The quantitative estimate of drug-likeness (QED) is 0.844. The molecule has 18 heavy (non-hydrogen) atoms. The van der Waals surface area contributed by atoms with Gasteiger partial charge >= 0.3 is 0 Å². The molecule has 0 radical (unpaired) electrons. The summed E-state index contributed by atoms with van der Waals surface area (Å²) >= 11 is 0. The summed E-state index contributed by atoms with van der Waals surface area (Å²) in [6, 6.07) is 7.05. The van der Waals surface area contributed by atoms with Crippen molar-refractivity contribution in [3.05, 3.63) is 35.4 Å². The maximum absolute atomic E-state index is 11.9. The van der Waals surface area contributed by atoms with E-state index in [4.69, 9.17) is 0 Å². The molecule has 0 saturated carbocycles. The summed E-state index contributed by atoms with van der Waals surface area (Å²) in [5.41, 5.74) is -0.0481. The number of hydrogen-bond acceptors (Lipinski definition) is 3. The summed E-state index contributed by atoms with van der Waals surface area (Å²) in [7, 11) is 0. The van der Waals surface area contributed by atoms with E-state index in [0.29, 0.717) is 11.1 Å². The first-order chi connectivity index (χ1) is 8.54. The molecule has 1 aliphatic heterocycles. The highest BCUT2D eigenvalue weighted by Gasteiger charge is 2.46. The van der Waals surface area contributed by atoms with E-state index < -0.39 is 5.72 Å². The standard InChI is InChI=1S/C14H20N2O2/c1-4-16(5-2)10(3)14(18)12-9-7-6-8-11(12)13(17)15-14/h6-10,18H,4-5H2,1-3H3,(H,15,17). The van der Waals surface area contributed by atoms with Gasteiger partial charge in [-0.05, 0) is 26.1 Å². The van der Waals surface area contributed by atoms with Crippen molar-refractivity contribution in [3.8, 4) is 0 Å². The molecule has 1 aromatic carbocycles. The SMILES string of the molecule is CCN(CC)C(C)C1(O)NC(=O)c2ccccc21. The first kappa shape index (κ1) is 13.1. The van der Waals surface area contributed by atoms with Gasteiger partial charge < -0.3 is 10.4 Å². The highest BCUT2D eigenvalue weighted by Crippen LogP contribution is 2.33. The molecule has 0 aromatic heterocycles. The van der Waals surface area contributed by atoms with Gasteiger partial charge in [0, 0.05) is 11.1 Å². The fourth-order valence-corrected chi connectivity index (χ4v) is 2.69.